The summed E-state index contributed by atoms with van der Waals surface area (Å²) in [7, 11) is 0. The standard InChI is InChI=1S/C24H21N3O5/c28-23(14-25-24(29)19-8-11-21-22(12-19)32-16-31-21)27-26-13-17-6-9-20(10-7-17)30-15-18-4-2-1-3-5-18/h1-13H,14-16H2,(H,25,29)(H,27,28). The van der Waals surface area contributed by atoms with Gasteiger partial charge in [-0.2, -0.15) is 5.10 Å². The van der Waals surface area contributed by atoms with Crippen LogP contribution in [0.25, 0.3) is 0 Å². The van der Waals surface area contributed by atoms with E-state index in [1.165, 1.54) is 6.21 Å². The van der Waals surface area contributed by atoms with E-state index in [0.29, 0.717) is 23.7 Å². The van der Waals surface area contributed by atoms with Gasteiger partial charge in [0.15, 0.2) is 11.5 Å². The van der Waals surface area contributed by atoms with Crippen LogP contribution in [0.1, 0.15) is 21.5 Å². The summed E-state index contributed by atoms with van der Waals surface area (Å²) in [6.07, 6.45) is 1.51. The van der Waals surface area contributed by atoms with Crippen LogP contribution in [0.2, 0.25) is 0 Å². The van der Waals surface area contributed by atoms with Crippen molar-refractivity contribution in [1.29, 1.82) is 0 Å². The van der Waals surface area contributed by atoms with E-state index in [1.54, 1.807) is 18.2 Å². The Kier molecular flexibility index (Phi) is 6.62. The van der Waals surface area contributed by atoms with Gasteiger partial charge in [0.2, 0.25) is 6.79 Å². The van der Waals surface area contributed by atoms with Crippen molar-refractivity contribution in [2.24, 2.45) is 5.10 Å². The minimum absolute atomic E-state index is 0.129. The molecule has 3 aromatic carbocycles. The molecular formula is C24H21N3O5. The fourth-order valence-electron chi connectivity index (χ4n) is 2.91. The van der Waals surface area contributed by atoms with Crippen molar-refractivity contribution < 1.29 is 23.8 Å². The smallest absolute Gasteiger partial charge is 0.259 e. The highest BCUT2D eigenvalue weighted by atomic mass is 16.7. The predicted molar refractivity (Wildman–Crippen MR) is 118 cm³/mol. The van der Waals surface area contributed by atoms with Gasteiger partial charge in [0.05, 0.1) is 12.8 Å². The second kappa shape index (κ2) is 10.1. The Morgan fingerprint density at radius 1 is 0.969 bits per heavy atom. The number of nitrogens with zero attached hydrogens (tertiary/aromatic N) is 1. The van der Waals surface area contributed by atoms with Gasteiger partial charge in [-0.25, -0.2) is 5.43 Å². The Bertz CT molecular complexity index is 1110. The first kappa shape index (κ1) is 20.9. The average molecular weight is 431 g/mol. The summed E-state index contributed by atoms with van der Waals surface area (Å²) in [6.45, 7) is 0.406. The lowest BCUT2D eigenvalue weighted by molar-refractivity contribution is -0.120. The summed E-state index contributed by atoms with van der Waals surface area (Å²) in [5.74, 6) is 0.987. The van der Waals surface area contributed by atoms with E-state index in [4.69, 9.17) is 14.2 Å². The molecule has 0 unspecified atom stereocenters. The summed E-state index contributed by atoms with van der Waals surface area (Å²) in [5, 5.41) is 6.45. The third-order valence-electron chi connectivity index (χ3n) is 4.58. The molecule has 0 radical (unpaired) electrons. The van der Waals surface area contributed by atoms with Crippen LogP contribution in [0.5, 0.6) is 17.2 Å². The number of rotatable bonds is 8. The van der Waals surface area contributed by atoms with Gasteiger partial charge in [0.1, 0.15) is 12.4 Å². The molecule has 1 aliphatic heterocycles. The minimum Gasteiger partial charge on any atom is -0.489 e. The second-order valence-electron chi connectivity index (χ2n) is 6.89. The maximum Gasteiger partial charge on any atom is 0.259 e. The fraction of sp³-hybridized carbons (Fsp3) is 0.125. The molecule has 162 valence electrons. The van der Waals surface area contributed by atoms with Gasteiger partial charge >= 0.3 is 0 Å². The van der Waals surface area contributed by atoms with Gasteiger partial charge in [-0.3, -0.25) is 9.59 Å². The molecule has 0 bridgehead atoms. The quantitative estimate of drug-likeness (QED) is 0.422. The molecule has 1 aliphatic rings. The number of hydrogen-bond donors (Lipinski definition) is 2. The van der Waals surface area contributed by atoms with Crippen LogP contribution in [-0.2, 0) is 11.4 Å². The monoisotopic (exact) mass is 431 g/mol. The predicted octanol–water partition coefficient (Wildman–Crippen LogP) is 2.87. The highest BCUT2D eigenvalue weighted by molar-refractivity contribution is 5.97. The van der Waals surface area contributed by atoms with Crippen molar-refractivity contribution in [1.82, 2.24) is 10.7 Å². The Labute approximate surface area is 184 Å². The van der Waals surface area contributed by atoms with E-state index >= 15 is 0 Å². The Balaban J connectivity index is 1.19. The van der Waals surface area contributed by atoms with Crippen LogP contribution in [-0.4, -0.2) is 31.4 Å². The first-order valence-corrected chi connectivity index (χ1v) is 9.94. The molecule has 32 heavy (non-hydrogen) atoms. The van der Waals surface area contributed by atoms with Gasteiger partial charge in [-0.05, 0) is 53.6 Å². The van der Waals surface area contributed by atoms with Crippen molar-refractivity contribution in [3.63, 3.8) is 0 Å². The Hall–Kier alpha value is -4.33. The van der Waals surface area contributed by atoms with E-state index in [2.05, 4.69) is 15.8 Å². The number of carbonyl (C=O) groups is 2. The van der Waals surface area contributed by atoms with Crippen LogP contribution in [0, 0.1) is 0 Å². The third-order valence-corrected chi connectivity index (χ3v) is 4.58. The van der Waals surface area contributed by atoms with Crippen LogP contribution in [0.15, 0.2) is 77.9 Å². The Morgan fingerprint density at radius 2 is 1.75 bits per heavy atom. The van der Waals surface area contributed by atoms with Crippen LogP contribution >= 0.6 is 0 Å². The van der Waals surface area contributed by atoms with Crippen molar-refractivity contribution in [3.8, 4) is 17.2 Å². The first-order valence-electron chi connectivity index (χ1n) is 9.94. The van der Waals surface area contributed by atoms with Crippen LogP contribution in [0.4, 0.5) is 0 Å². The minimum atomic E-state index is -0.446. The molecule has 0 aliphatic carbocycles. The van der Waals surface area contributed by atoms with Crippen LogP contribution < -0.4 is 25.0 Å². The van der Waals surface area contributed by atoms with Gasteiger partial charge in [0, 0.05) is 5.56 Å². The van der Waals surface area contributed by atoms with E-state index < -0.39 is 11.8 Å². The summed E-state index contributed by atoms with van der Waals surface area (Å²) in [6, 6.07) is 22.0. The number of amides is 2. The second-order valence-corrected chi connectivity index (χ2v) is 6.89. The largest absolute Gasteiger partial charge is 0.489 e. The normalized spacial score (nSPS) is 11.9. The molecule has 8 nitrogen and oxygen atoms in total. The molecule has 2 amide bonds. The summed E-state index contributed by atoms with van der Waals surface area (Å²) < 4.78 is 16.2. The number of fused-ring (bicyclic) bond motifs is 1. The number of nitrogens with one attached hydrogen (secondary N) is 2. The number of hydrogen-bond acceptors (Lipinski definition) is 6. The van der Waals surface area contributed by atoms with E-state index in [1.807, 2.05) is 54.6 Å². The van der Waals surface area contributed by atoms with Crippen molar-refractivity contribution in [2.75, 3.05) is 13.3 Å². The molecule has 3 aromatic rings. The summed E-state index contributed by atoms with van der Waals surface area (Å²) in [5.41, 5.74) is 4.64. The molecule has 0 spiro atoms. The molecule has 0 saturated carbocycles. The fourth-order valence-corrected chi connectivity index (χ4v) is 2.91. The Morgan fingerprint density at radius 3 is 2.56 bits per heavy atom. The number of ether oxygens (including phenoxy) is 3. The maximum absolute atomic E-state index is 12.2. The molecule has 1 heterocycles. The third kappa shape index (κ3) is 5.63. The van der Waals surface area contributed by atoms with E-state index in [-0.39, 0.29) is 13.3 Å². The topological polar surface area (TPSA) is 98.3 Å². The van der Waals surface area contributed by atoms with Gasteiger partial charge < -0.3 is 19.5 Å². The van der Waals surface area contributed by atoms with Gasteiger partial charge in [0.25, 0.3) is 11.8 Å². The molecule has 0 fully saturated rings. The summed E-state index contributed by atoms with van der Waals surface area (Å²) in [4.78, 5) is 24.1. The molecule has 0 saturated heterocycles. The highest BCUT2D eigenvalue weighted by Gasteiger charge is 2.16. The molecule has 8 heteroatoms. The van der Waals surface area contributed by atoms with E-state index in [0.717, 1.165) is 16.9 Å². The van der Waals surface area contributed by atoms with E-state index in [9.17, 15) is 9.59 Å². The SMILES string of the molecule is O=C(CNC(=O)c1ccc2c(c1)OCO2)NN=Cc1ccc(OCc2ccccc2)cc1. The lowest BCUT2D eigenvalue weighted by atomic mass is 10.2. The zero-order chi connectivity index (χ0) is 22.2. The zero-order valence-corrected chi connectivity index (χ0v) is 17.1. The number of carbonyl (C=O) groups excluding carboxylic acids is 2. The van der Waals surface area contributed by atoms with Gasteiger partial charge in [-0.15, -0.1) is 0 Å². The highest BCUT2D eigenvalue weighted by Crippen LogP contribution is 2.32. The molecule has 0 atom stereocenters. The van der Waals surface area contributed by atoms with Crippen molar-refractivity contribution in [3.05, 3.63) is 89.5 Å². The first-order chi connectivity index (χ1) is 15.7. The molecule has 0 aromatic heterocycles. The summed E-state index contributed by atoms with van der Waals surface area (Å²) >= 11 is 0. The lowest BCUT2D eigenvalue weighted by Crippen LogP contribution is -2.34. The maximum atomic E-state index is 12.2. The zero-order valence-electron chi connectivity index (χ0n) is 17.1. The van der Waals surface area contributed by atoms with Crippen molar-refractivity contribution >= 4 is 18.0 Å². The molecular weight excluding hydrogens is 410 g/mol. The average Bonchev–Trinajstić information content (AvgIpc) is 3.31. The number of benzene rings is 3. The van der Waals surface area contributed by atoms with Crippen LogP contribution in [0.3, 0.4) is 0 Å². The van der Waals surface area contributed by atoms with Gasteiger partial charge in [-0.1, -0.05) is 30.3 Å². The lowest BCUT2D eigenvalue weighted by Gasteiger charge is -2.06. The number of hydrazone groups is 1. The molecule has 4 rings (SSSR count). The van der Waals surface area contributed by atoms with Crippen molar-refractivity contribution in [2.45, 2.75) is 6.61 Å². The molecule has 2 N–H and O–H groups in total.